The summed E-state index contributed by atoms with van der Waals surface area (Å²) in [6, 6.07) is 19.3. The highest BCUT2D eigenvalue weighted by molar-refractivity contribution is 6.79. The van der Waals surface area contributed by atoms with Gasteiger partial charge in [0.15, 0.2) is 0 Å². The van der Waals surface area contributed by atoms with Crippen LogP contribution in [0.2, 0.25) is 19.1 Å². The first-order valence-electron chi connectivity index (χ1n) is 6.83. The summed E-state index contributed by atoms with van der Waals surface area (Å²) >= 11 is 0. The van der Waals surface area contributed by atoms with Crippen LogP contribution in [-0.2, 0) is 0 Å². The molecule has 0 spiro atoms. The van der Waals surface area contributed by atoms with Crippen LogP contribution in [0.15, 0.2) is 48.5 Å². The van der Waals surface area contributed by atoms with E-state index in [0.717, 1.165) is 0 Å². The average molecular weight is 252 g/mol. The zero-order chi connectivity index (χ0) is 12.8. The molecule has 0 atom stereocenters. The van der Waals surface area contributed by atoms with E-state index in [4.69, 9.17) is 0 Å². The minimum Gasteiger partial charge on any atom is -0.0686 e. The first-order valence-corrected chi connectivity index (χ1v) is 10.1. The molecule has 0 nitrogen and oxygen atoms in total. The van der Waals surface area contributed by atoms with E-state index in [1.807, 2.05) is 0 Å². The standard InChI is InChI=1S/C17H20Si/c1-4-18(2,3)17-15-11-7-5-9-13(15)14-10-6-8-12-16(14)17/h5-12,17H,4H2,1-3H3. The van der Waals surface area contributed by atoms with Crippen molar-refractivity contribution in [3.63, 3.8) is 0 Å². The van der Waals surface area contributed by atoms with Crippen molar-refractivity contribution < 1.29 is 0 Å². The molecule has 2 aromatic carbocycles. The first kappa shape index (κ1) is 11.7. The van der Waals surface area contributed by atoms with Crippen molar-refractivity contribution >= 4 is 8.07 Å². The van der Waals surface area contributed by atoms with Gasteiger partial charge in [-0.1, -0.05) is 74.6 Å². The minimum atomic E-state index is -1.25. The van der Waals surface area contributed by atoms with Crippen molar-refractivity contribution in [1.82, 2.24) is 0 Å². The van der Waals surface area contributed by atoms with E-state index in [9.17, 15) is 0 Å². The number of hydrogen-bond acceptors (Lipinski definition) is 0. The summed E-state index contributed by atoms with van der Waals surface area (Å²) in [4.78, 5) is 0. The van der Waals surface area contributed by atoms with Crippen molar-refractivity contribution in [2.45, 2.75) is 31.6 Å². The fraction of sp³-hybridized carbons (Fsp3) is 0.294. The van der Waals surface area contributed by atoms with Crippen LogP contribution in [0, 0.1) is 0 Å². The summed E-state index contributed by atoms with van der Waals surface area (Å²) < 4.78 is 0. The van der Waals surface area contributed by atoms with E-state index in [0.29, 0.717) is 5.54 Å². The number of hydrogen-bond donors (Lipinski definition) is 0. The summed E-state index contributed by atoms with van der Waals surface area (Å²) in [7, 11) is -1.25. The van der Waals surface area contributed by atoms with Gasteiger partial charge >= 0.3 is 0 Å². The molecule has 1 aliphatic carbocycles. The number of benzene rings is 2. The second-order valence-corrected chi connectivity index (χ2v) is 11.2. The van der Waals surface area contributed by atoms with Gasteiger partial charge < -0.3 is 0 Å². The molecule has 0 unspecified atom stereocenters. The van der Waals surface area contributed by atoms with Gasteiger partial charge in [0.1, 0.15) is 0 Å². The van der Waals surface area contributed by atoms with Crippen LogP contribution in [0.25, 0.3) is 11.1 Å². The molecule has 1 heteroatoms. The van der Waals surface area contributed by atoms with Gasteiger partial charge in [0.2, 0.25) is 0 Å². The second kappa shape index (κ2) is 4.10. The third-order valence-corrected chi connectivity index (χ3v) is 8.53. The summed E-state index contributed by atoms with van der Waals surface area (Å²) in [5.74, 6) is 0. The predicted octanol–water partition coefficient (Wildman–Crippen LogP) is 5.07. The lowest BCUT2D eigenvalue weighted by molar-refractivity contribution is 1.09. The molecule has 0 saturated heterocycles. The quantitative estimate of drug-likeness (QED) is 0.655. The summed E-state index contributed by atoms with van der Waals surface area (Å²) in [5, 5.41) is 0. The van der Waals surface area contributed by atoms with Gasteiger partial charge in [-0.05, 0) is 22.3 Å². The Labute approximate surface area is 111 Å². The van der Waals surface area contributed by atoms with E-state index < -0.39 is 8.07 Å². The van der Waals surface area contributed by atoms with Gasteiger partial charge in [0, 0.05) is 5.54 Å². The van der Waals surface area contributed by atoms with Crippen LogP contribution < -0.4 is 0 Å². The molecule has 0 fully saturated rings. The number of fused-ring (bicyclic) bond motifs is 3. The molecular formula is C17H20Si. The Morgan fingerprint density at radius 2 is 1.28 bits per heavy atom. The maximum absolute atomic E-state index is 2.52. The van der Waals surface area contributed by atoms with E-state index in [1.165, 1.54) is 17.2 Å². The Kier molecular flexibility index (Phi) is 2.67. The lowest BCUT2D eigenvalue weighted by Crippen LogP contribution is -2.33. The van der Waals surface area contributed by atoms with Crippen LogP contribution in [0.5, 0.6) is 0 Å². The van der Waals surface area contributed by atoms with Gasteiger partial charge in [-0.2, -0.15) is 0 Å². The normalized spacial score (nSPS) is 14.4. The van der Waals surface area contributed by atoms with Crippen LogP contribution in [-0.4, -0.2) is 8.07 Å². The molecule has 0 saturated carbocycles. The molecule has 0 aliphatic heterocycles. The Morgan fingerprint density at radius 1 is 0.833 bits per heavy atom. The van der Waals surface area contributed by atoms with E-state index >= 15 is 0 Å². The highest BCUT2D eigenvalue weighted by Crippen LogP contribution is 2.49. The summed E-state index contributed by atoms with van der Waals surface area (Å²) in [6.45, 7) is 7.41. The molecular weight excluding hydrogens is 232 g/mol. The van der Waals surface area contributed by atoms with E-state index in [-0.39, 0.29) is 0 Å². The third-order valence-electron chi connectivity index (χ3n) is 4.53. The second-order valence-electron chi connectivity index (χ2n) is 5.95. The van der Waals surface area contributed by atoms with Crippen LogP contribution in [0.4, 0.5) is 0 Å². The fourth-order valence-electron chi connectivity index (χ4n) is 3.20. The molecule has 1 aliphatic rings. The summed E-state index contributed by atoms with van der Waals surface area (Å²) in [6.07, 6.45) is 0. The smallest absolute Gasteiger partial charge is 0.0601 e. The van der Waals surface area contributed by atoms with Gasteiger partial charge in [0.25, 0.3) is 0 Å². The van der Waals surface area contributed by atoms with E-state index in [1.54, 1.807) is 11.1 Å². The maximum atomic E-state index is 2.52. The maximum Gasteiger partial charge on any atom is 0.0601 e. The van der Waals surface area contributed by atoms with E-state index in [2.05, 4.69) is 68.5 Å². The van der Waals surface area contributed by atoms with Gasteiger partial charge in [0.05, 0.1) is 8.07 Å². The Balaban J connectivity index is 2.27. The Bertz CT molecular complexity index is 538. The number of rotatable bonds is 2. The van der Waals surface area contributed by atoms with Crippen LogP contribution in [0.1, 0.15) is 23.6 Å². The highest BCUT2D eigenvalue weighted by atomic mass is 28.3. The molecule has 0 bridgehead atoms. The van der Waals surface area contributed by atoms with Gasteiger partial charge in [-0.25, -0.2) is 0 Å². The minimum absolute atomic E-state index is 0.676. The lowest BCUT2D eigenvalue weighted by Gasteiger charge is -2.30. The molecule has 18 heavy (non-hydrogen) atoms. The zero-order valence-electron chi connectivity index (χ0n) is 11.4. The molecule has 2 aromatic rings. The van der Waals surface area contributed by atoms with Crippen molar-refractivity contribution in [3.8, 4) is 11.1 Å². The molecule has 0 radical (unpaired) electrons. The van der Waals surface area contributed by atoms with Crippen LogP contribution in [0.3, 0.4) is 0 Å². The molecule has 0 N–H and O–H groups in total. The zero-order valence-corrected chi connectivity index (χ0v) is 12.4. The predicted molar refractivity (Wildman–Crippen MR) is 81.7 cm³/mol. The lowest BCUT2D eigenvalue weighted by atomic mass is 10.1. The van der Waals surface area contributed by atoms with Gasteiger partial charge in [-0.3, -0.25) is 0 Å². The van der Waals surface area contributed by atoms with Crippen molar-refractivity contribution in [3.05, 3.63) is 59.7 Å². The first-order chi connectivity index (χ1) is 8.65. The average Bonchev–Trinajstić information content (AvgIpc) is 2.74. The SMILES string of the molecule is CC[Si](C)(C)C1c2ccccc2-c2ccccc21. The monoisotopic (exact) mass is 252 g/mol. The van der Waals surface area contributed by atoms with Gasteiger partial charge in [-0.15, -0.1) is 0 Å². The van der Waals surface area contributed by atoms with Crippen molar-refractivity contribution in [2.75, 3.05) is 0 Å². The van der Waals surface area contributed by atoms with Crippen molar-refractivity contribution in [2.24, 2.45) is 0 Å². The third kappa shape index (κ3) is 1.58. The Morgan fingerprint density at radius 3 is 1.72 bits per heavy atom. The highest BCUT2D eigenvalue weighted by Gasteiger charge is 2.39. The largest absolute Gasteiger partial charge is 0.0686 e. The molecule has 0 amide bonds. The molecule has 0 aromatic heterocycles. The molecule has 92 valence electrons. The van der Waals surface area contributed by atoms with Crippen molar-refractivity contribution in [1.29, 1.82) is 0 Å². The van der Waals surface area contributed by atoms with Crippen LogP contribution >= 0.6 is 0 Å². The summed E-state index contributed by atoms with van der Waals surface area (Å²) in [5.41, 5.74) is 6.74. The topological polar surface area (TPSA) is 0 Å². The molecule has 0 heterocycles. The fourth-order valence-corrected chi connectivity index (χ4v) is 5.80. The Hall–Kier alpha value is -1.34. The molecule has 3 rings (SSSR count).